The predicted octanol–water partition coefficient (Wildman–Crippen LogP) is 2.08. The van der Waals surface area contributed by atoms with E-state index in [0.717, 1.165) is 6.07 Å². The topological polar surface area (TPSA) is 74.2 Å². The quantitative estimate of drug-likeness (QED) is 0.780. The number of nitrogens with zero attached hydrogens (tertiary/aromatic N) is 1. The molecule has 0 radical (unpaired) electrons. The zero-order valence-corrected chi connectivity index (χ0v) is 7.55. The number of rotatable bonds is 2. The molecule has 90 valence electrons. The molecule has 4 nitrogen and oxygen atoms in total. The molecule has 0 aliphatic rings. The van der Waals surface area contributed by atoms with Crippen molar-refractivity contribution in [2.24, 2.45) is 0 Å². The van der Waals surface area contributed by atoms with E-state index in [1.54, 1.807) is 0 Å². The lowest BCUT2D eigenvalue weighted by atomic mass is 10.3. The molecule has 0 fully saturated rings. The van der Waals surface area contributed by atoms with Crippen LogP contribution < -0.4 is 16.2 Å². The summed E-state index contributed by atoms with van der Waals surface area (Å²) in [5.74, 6) is -1.64. The van der Waals surface area contributed by atoms with Gasteiger partial charge in [0.15, 0.2) is 11.4 Å². The molecule has 0 unspecified atom stereocenters. The molecule has 1 aromatic rings. The van der Waals surface area contributed by atoms with Crippen LogP contribution in [0, 0.1) is 0 Å². The van der Waals surface area contributed by atoms with Crippen LogP contribution in [-0.4, -0.2) is 11.3 Å². The molecule has 16 heavy (non-hydrogen) atoms. The molecule has 0 amide bonds. The van der Waals surface area contributed by atoms with Crippen molar-refractivity contribution in [3.63, 3.8) is 0 Å². The second-order valence-electron chi connectivity index (χ2n) is 2.70. The van der Waals surface area contributed by atoms with Crippen LogP contribution in [0.25, 0.3) is 0 Å². The number of aromatic nitrogens is 1. The Hall–Kier alpha value is -1.80. The zero-order valence-electron chi connectivity index (χ0n) is 7.55. The van der Waals surface area contributed by atoms with Crippen molar-refractivity contribution < 1.29 is 26.7 Å². The molecule has 0 saturated carbocycles. The van der Waals surface area contributed by atoms with E-state index in [9.17, 15) is 22.0 Å². The van der Waals surface area contributed by atoms with Crippen LogP contribution in [0.3, 0.4) is 0 Å². The number of ether oxygens (including phenoxy) is 1. The lowest BCUT2D eigenvalue weighted by Gasteiger charge is -2.14. The summed E-state index contributed by atoms with van der Waals surface area (Å²) in [7, 11) is 0. The maximum Gasteiger partial charge on any atom is 0.573 e. The van der Waals surface area contributed by atoms with E-state index in [1.165, 1.54) is 0 Å². The molecule has 1 rings (SSSR count). The highest BCUT2D eigenvalue weighted by Crippen LogP contribution is 2.36. The Kier molecular flexibility index (Phi) is 3.06. The van der Waals surface area contributed by atoms with Crippen LogP contribution in [0.4, 0.5) is 33.5 Å². The molecule has 4 N–H and O–H groups in total. The van der Waals surface area contributed by atoms with Crippen LogP contribution in [0.2, 0.25) is 0 Å². The lowest BCUT2D eigenvalue weighted by molar-refractivity contribution is -0.275. The van der Waals surface area contributed by atoms with Crippen LogP contribution in [0.5, 0.6) is 5.75 Å². The lowest BCUT2D eigenvalue weighted by Crippen LogP contribution is -2.20. The van der Waals surface area contributed by atoms with Gasteiger partial charge in [-0.15, -0.1) is 13.2 Å². The first kappa shape index (κ1) is 12.3. The summed E-state index contributed by atoms with van der Waals surface area (Å²) in [4.78, 5) is 3.04. The molecule has 0 spiro atoms. The van der Waals surface area contributed by atoms with E-state index in [2.05, 4.69) is 9.72 Å². The van der Waals surface area contributed by atoms with Gasteiger partial charge < -0.3 is 16.2 Å². The average molecular weight is 243 g/mol. The molecule has 0 aliphatic heterocycles. The Labute approximate surface area is 86.0 Å². The first-order chi connectivity index (χ1) is 7.20. The van der Waals surface area contributed by atoms with Crippen LogP contribution in [0.15, 0.2) is 6.07 Å². The number of nitrogen functional groups attached to an aromatic ring is 2. The Morgan fingerprint density at radius 1 is 1.25 bits per heavy atom. The van der Waals surface area contributed by atoms with Gasteiger partial charge in [0.25, 0.3) is 6.43 Å². The largest absolute Gasteiger partial charge is 0.573 e. The first-order valence-electron chi connectivity index (χ1n) is 3.80. The minimum atomic E-state index is -5.13. The van der Waals surface area contributed by atoms with Crippen LogP contribution in [-0.2, 0) is 0 Å². The van der Waals surface area contributed by atoms with Gasteiger partial charge in [-0.3, -0.25) is 0 Å². The molecular weight excluding hydrogens is 237 g/mol. The molecular formula is C7H6F5N3O. The number of anilines is 2. The Morgan fingerprint density at radius 2 is 1.81 bits per heavy atom. The molecule has 1 aromatic heterocycles. The number of nitrogens with two attached hydrogens (primary N) is 2. The Morgan fingerprint density at radius 3 is 2.25 bits per heavy atom. The van der Waals surface area contributed by atoms with E-state index in [0.29, 0.717) is 0 Å². The number of pyridine rings is 1. The summed E-state index contributed by atoms with van der Waals surface area (Å²) in [6, 6.07) is 0.799. The summed E-state index contributed by atoms with van der Waals surface area (Å²) in [6.45, 7) is 0. The number of alkyl halides is 5. The van der Waals surface area contributed by atoms with E-state index in [1.807, 2.05) is 0 Å². The molecule has 9 heteroatoms. The SMILES string of the molecule is Nc1cc(N)c(OC(F)(F)F)c(C(F)F)n1. The van der Waals surface area contributed by atoms with Gasteiger partial charge in [0.1, 0.15) is 5.82 Å². The maximum atomic E-state index is 12.3. The smallest absolute Gasteiger partial charge is 0.401 e. The fourth-order valence-corrected chi connectivity index (χ4v) is 0.970. The summed E-state index contributed by atoms with van der Waals surface area (Å²) in [5, 5.41) is 0. The van der Waals surface area contributed by atoms with Gasteiger partial charge in [-0.25, -0.2) is 13.8 Å². The Balaban J connectivity index is 3.25. The fourth-order valence-electron chi connectivity index (χ4n) is 0.970. The Bertz CT molecular complexity index is 392. The van der Waals surface area contributed by atoms with Gasteiger partial charge in [-0.2, -0.15) is 0 Å². The normalized spacial score (nSPS) is 11.9. The van der Waals surface area contributed by atoms with E-state index in [4.69, 9.17) is 11.5 Å². The van der Waals surface area contributed by atoms with E-state index >= 15 is 0 Å². The molecule has 0 atom stereocenters. The number of halogens is 5. The van der Waals surface area contributed by atoms with Crippen LogP contribution >= 0.6 is 0 Å². The van der Waals surface area contributed by atoms with Gasteiger partial charge in [-0.05, 0) is 0 Å². The molecule has 0 aromatic carbocycles. The minimum Gasteiger partial charge on any atom is -0.401 e. The van der Waals surface area contributed by atoms with Gasteiger partial charge in [-0.1, -0.05) is 0 Å². The van der Waals surface area contributed by atoms with Crippen molar-refractivity contribution in [3.05, 3.63) is 11.8 Å². The van der Waals surface area contributed by atoms with Gasteiger partial charge in [0.05, 0.1) is 5.69 Å². The molecule has 0 bridgehead atoms. The van der Waals surface area contributed by atoms with Crippen molar-refractivity contribution in [2.75, 3.05) is 11.5 Å². The highest BCUT2D eigenvalue weighted by atomic mass is 19.4. The van der Waals surface area contributed by atoms with Crippen molar-refractivity contribution >= 4 is 11.5 Å². The summed E-state index contributed by atoms with van der Waals surface area (Å²) in [5.41, 5.74) is 8.26. The monoisotopic (exact) mass is 243 g/mol. The second-order valence-corrected chi connectivity index (χ2v) is 2.70. The number of hydrogen-bond donors (Lipinski definition) is 2. The number of hydrogen-bond acceptors (Lipinski definition) is 4. The third-order valence-corrected chi connectivity index (χ3v) is 1.47. The summed E-state index contributed by atoms with van der Waals surface area (Å²) in [6.07, 6.45) is -8.40. The maximum absolute atomic E-state index is 12.3. The second kappa shape index (κ2) is 3.99. The summed E-state index contributed by atoms with van der Waals surface area (Å²) < 4.78 is 63.7. The van der Waals surface area contributed by atoms with E-state index < -0.39 is 35.7 Å². The molecule has 0 saturated heterocycles. The van der Waals surface area contributed by atoms with Crippen molar-refractivity contribution in [3.8, 4) is 5.75 Å². The summed E-state index contributed by atoms with van der Waals surface area (Å²) >= 11 is 0. The minimum absolute atomic E-state index is 0.415. The average Bonchev–Trinajstić information content (AvgIpc) is 2.07. The third-order valence-electron chi connectivity index (χ3n) is 1.47. The first-order valence-corrected chi connectivity index (χ1v) is 3.80. The highest BCUT2D eigenvalue weighted by molar-refractivity contribution is 5.60. The highest BCUT2D eigenvalue weighted by Gasteiger charge is 2.35. The van der Waals surface area contributed by atoms with Crippen molar-refractivity contribution in [2.45, 2.75) is 12.8 Å². The third kappa shape index (κ3) is 2.84. The molecule has 1 heterocycles. The van der Waals surface area contributed by atoms with Gasteiger partial charge in [0.2, 0.25) is 0 Å². The van der Waals surface area contributed by atoms with Gasteiger partial charge >= 0.3 is 6.36 Å². The predicted molar refractivity (Wildman–Crippen MR) is 44.7 cm³/mol. The van der Waals surface area contributed by atoms with E-state index in [-0.39, 0.29) is 0 Å². The fraction of sp³-hybridized carbons (Fsp3) is 0.286. The van der Waals surface area contributed by atoms with Crippen molar-refractivity contribution in [1.82, 2.24) is 4.98 Å². The van der Waals surface area contributed by atoms with Gasteiger partial charge in [0, 0.05) is 6.07 Å². The standard InChI is InChI=1S/C7H6F5N3O/c8-6(9)4-5(16-7(10,11)12)2(13)1-3(14)15-4/h1,6H,(H4,13,14,15). The van der Waals surface area contributed by atoms with Crippen molar-refractivity contribution in [1.29, 1.82) is 0 Å². The van der Waals surface area contributed by atoms with Crippen LogP contribution in [0.1, 0.15) is 12.1 Å². The zero-order chi connectivity index (χ0) is 12.5. The molecule has 0 aliphatic carbocycles.